The van der Waals surface area contributed by atoms with Crippen LogP contribution >= 0.6 is 0 Å². The molecule has 1 rings (SSSR count). The molecule has 1 aromatic carbocycles. The lowest BCUT2D eigenvalue weighted by Crippen LogP contribution is -2.28. The Balaban J connectivity index is 2.76. The van der Waals surface area contributed by atoms with Crippen molar-refractivity contribution in [2.24, 2.45) is 0 Å². The molecule has 0 amide bonds. The van der Waals surface area contributed by atoms with Crippen molar-refractivity contribution in [3.63, 3.8) is 0 Å². The fraction of sp³-hybridized carbons (Fsp3) is 0.400. The Kier molecular flexibility index (Phi) is 4.11. The largest absolute Gasteiger partial charge is 0.367 e. The maximum atomic E-state index is 11.0. The van der Waals surface area contributed by atoms with E-state index in [1.165, 1.54) is 0 Å². The number of nitrogens with one attached hydrogen (secondary N) is 1. The van der Waals surface area contributed by atoms with Crippen molar-refractivity contribution in [3.05, 3.63) is 30.3 Å². The lowest BCUT2D eigenvalue weighted by Gasteiger charge is -2.15. The first-order valence-electron chi connectivity index (χ1n) is 4.82. The molecule has 0 aliphatic carbocycles. The van der Waals surface area contributed by atoms with Crippen LogP contribution in [0.3, 0.4) is 0 Å². The first-order chi connectivity index (χ1) is 7.04. The summed E-state index contributed by atoms with van der Waals surface area (Å²) in [7, 11) is -4.04. The Hall–Kier alpha value is -1.07. The molecular formula is C10H15NO3S. The molecule has 0 aromatic heterocycles. The lowest BCUT2D eigenvalue weighted by molar-refractivity contribution is 0.467. The number of anilines is 1. The van der Waals surface area contributed by atoms with Crippen LogP contribution in [0.1, 0.15) is 19.8 Å². The molecule has 0 saturated carbocycles. The summed E-state index contributed by atoms with van der Waals surface area (Å²) in [5.41, 5.74) is 0.688. The number of benzene rings is 1. The lowest BCUT2D eigenvalue weighted by atomic mass is 10.3. The molecule has 1 unspecified atom stereocenters. The number of hydrogen-bond donors (Lipinski definition) is 2. The highest BCUT2D eigenvalue weighted by Crippen LogP contribution is 2.13. The van der Waals surface area contributed by atoms with E-state index in [2.05, 4.69) is 5.32 Å². The maximum Gasteiger partial charge on any atom is 0.286 e. The third kappa shape index (κ3) is 3.89. The van der Waals surface area contributed by atoms with Crippen LogP contribution in [0.25, 0.3) is 0 Å². The van der Waals surface area contributed by atoms with Crippen molar-refractivity contribution in [1.29, 1.82) is 0 Å². The highest BCUT2D eigenvalue weighted by Gasteiger charge is 2.21. The summed E-state index contributed by atoms with van der Waals surface area (Å²) in [5, 5.41) is 1.86. The van der Waals surface area contributed by atoms with Gasteiger partial charge >= 0.3 is 0 Å². The summed E-state index contributed by atoms with van der Waals surface area (Å²) >= 11 is 0. The van der Waals surface area contributed by atoms with Crippen molar-refractivity contribution in [3.8, 4) is 0 Å². The predicted molar refractivity (Wildman–Crippen MR) is 60.3 cm³/mol. The molecule has 0 radical (unpaired) electrons. The quantitative estimate of drug-likeness (QED) is 0.759. The molecule has 0 fully saturated rings. The Morgan fingerprint density at radius 2 is 1.93 bits per heavy atom. The van der Waals surface area contributed by atoms with Crippen LogP contribution in [0.5, 0.6) is 0 Å². The van der Waals surface area contributed by atoms with Crippen LogP contribution in [0.4, 0.5) is 5.69 Å². The average molecular weight is 229 g/mol. The Morgan fingerprint density at radius 1 is 1.33 bits per heavy atom. The van der Waals surface area contributed by atoms with E-state index in [0.717, 1.165) is 0 Å². The fourth-order valence-corrected chi connectivity index (χ4v) is 2.10. The van der Waals surface area contributed by atoms with Gasteiger partial charge in [0.15, 0.2) is 5.37 Å². The zero-order valence-electron chi connectivity index (χ0n) is 8.55. The summed E-state index contributed by atoms with van der Waals surface area (Å²) < 4.78 is 31.0. The molecule has 84 valence electrons. The summed E-state index contributed by atoms with van der Waals surface area (Å²) in [6.07, 6.45) is 1.07. The van der Waals surface area contributed by atoms with E-state index >= 15 is 0 Å². The topological polar surface area (TPSA) is 66.4 Å². The van der Waals surface area contributed by atoms with E-state index in [9.17, 15) is 8.42 Å². The molecule has 0 aliphatic rings. The third-order valence-corrected chi connectivity index (χ3v) is 3.08. The summed E-state index contributed by atoms with van der Waals surface area (Å²) in [4.78, 5) is 0. The first kappa shape index (κ1) is 12.0. The van der Waals surface area contributed by atoms with Gasteiger partial charge in [-0.15, -0.1) is 0 Å². The summed E-state index contributed by atoms with van der Waals surface area (Å²) in [5.74, 6) is 0. The Labute approximate surface area is 90.1 Å². The standard InChI is InChI=1S/C10H15NO3S/c1-2-6-10(15(12,13)14)11-9-7-4-3-5-8-9/h3-5,7-8,10-11H,2,6H2,1H3,(H,12,13,14). The average Bonchev–Trinajstić information content (AvgIpc) is 2.17. The van der Waals surface area contributed by atoms with E-state index in [0.29, 0.717) is 18.5 Å². The van der Waals surface area contributed by atoms with Crippen LogP contribution in [0, 0.1) is 0 Å². The monoisotopic (exact) mass is 229 g/mol. The second-order valence-electron chi connectivity index (χ2n) is 3.30. The minimum atomic E-state index is -4.04. The zero-order valence-corrected chi connectivity index (χ0v) is 9.37. The fourth-order valence-electron chi connectivity index (χ4n) is 1.28. The second-order valence-corrected chi connectivity index (χ2v) is 4.90. The molecule has 0 bridgehead atoms. The number of para-hydroxylation sites is 1. The molecule has 5 heteroatoms. The van der Waals surface area contributed by atoms with Gasteiger partial charge in [-0.2, -0.15) is 8.42 Å². The minimum Gasteiger partial charge on any atom is -0.367 e. The smallest absolute Gasteiger partial charge is 0.286 e. The van der Waals surface area contributed by atoms with Gasteiger partial charge in [0.1, 0.15) is 0 Å². The predicted octanol–water partition coefficient (Wildman–Crippen LogP) is 2.11. The van der Waals surface area contributed by atoms with Crippen LogP contribution in [-0.4, -0.2) is 18.3 Å². The van der Waals surface area contributed by atoms with Gasteiger partial charge in [0, 0.05) is 5.69 Å². The van der Waals surface area contributed by atoms with Gasteiger partial charge < -0.3 is 5.32 Å². The Morgan fingerprint density at radius 3 is 2.40 bits per heavy atom. The van der Waals surface area contributed by atoms with Gasteiger partial charge in [-0.25, -0.2) is 0 Å². The van der Waals surface area contributed by atoms with E-state index in [4.69, 9.17) is 4.55 Å². The molecule has 1 aromatic rings. The molecule has 0 heterocycles. The van der Waals surface area contributed by atoms with Gasteiger partial charge in [0.2, 0.25) is 0 Å². The van der Waals surface area contributed by atoms with Gasteiger partial charge in [-0.1, -0.05) is 31.5 Å². The van der Waals surface area contributed by atoms with E-state index < -0.39 is 15.5 Å². The SMILES string of the molecule is CCCC(Nc1ccccc1)S(=O)(=O)O. The zero-order chi connectivity index (χ0) is 11.3. The normalized spacial score (nSPS) is 13.5. The second kappa shape index (κ2) is 5.14. The van der Waals surface area contributed by atoms with Gasteiger partial charge in [-0.3, -0.25) is 4.55 Å². The molecule has 2 N–H and O–H groups in total. The molecule has 1 atom stereocenters. The maximum absolute atomic E-state index is 11.0. The van der Waals surface area contributed by atoms with Crippen molar-refractivity contribution in [2.75, 3.05) is 5.32 Å². The number of rotatable bonds is 5. The van der Waals surface area contributed by atoms with Crippen LogP contribution in [-0.2, 0) is 10.1 Å². The van der Waals surface area contributed by atoms with Gasteiger partial charge in [-0.05, 0) is 18.6 Å². The van der Waals surface area contributed by atoms with Crippen LogP contribution < -0.4 is 5.32 Å². The van der Waals surface area contributed by atoms with Crippen LogP contribution in [0.15, 0.2) is 30.3 Å². The van der Waals surface area contributed by atoms with Gasteiger partial charge in [0.05, 0.1) is 0 Å². The molecule has 0 saturated heterocycles. The molecular weight excluding hydrogens is 214 g/mol. The third-order valence-electron chi connectivity index (χ3n) is 2.01. The molecule has 15 heavy (non-hydrogen) atoms. The Bertz CT molecular complexity index is 388. The van der Waals surface area contributed by atoms with E-state index in [1.54, 1.807) is 24.3 Å². The molecule has 0 spiro atoms. The summed E-state index contributed by atoms with van der Waals surface area (Å²) in [6, 6.07) is 8.96. The summed E-state index contributed by atoms with van der Waals surface area (Å²) in [6.45, 7) is 1.87. The van der Waals surface area contributed by atoms with Crippen molar-refractivity contribution in [2.45, 2.75) is 25.1 Å². The van der Waals surface area contributed by atoms with Crippen molar-refractivity contribution in [1.82, 2.24) is 0 Å². The first-order valence-corrected chi connectivity index (χ1v) is 6.32. The van der Waals surface area contributed by atoms with Crippen LogP contribution in [0.2, 0.25) is 0 Å². The van der Waals surface area contributed by atoms with Crippen molar-refractivity contribution >= 4 is 15.8 Å². The molecule has 0 aliphatic heterocycles. The van der Waals surface area contributed by atoms with E-state index in [-0.39, 0.29) is 0 Å². The molecule has 4 nitrogen and oxygen atoms in total. The van der Waals surface area contributed by atoms with Gasteiger partial charge in [0.25, 0.3) is 10.1 Å². The van der Waals surface area contributed by atoms with E-state index in [1.807, 2.05) is 13.0 Å². The minimum absolute atomic E-state index is 0.383. The highest BCUT2D eigenvalue weighted by molar-refractivity contribution is 7.86. The highest BCUT2D eigenvalue weighted by atomic mass is 32.2. The van der Waals surface area contributed by atoms with Crippen molar-refractivity contribution < 1.29 is 13.0 Å². The number of hydrogen-bond acceptors (Lipinski definition) is 3.